The molecule has 0 amide bonds. The molecule has 4 aromatic rings. The van der Waals surface area contributed by atoms with E-state index in [9.17, 15) is 14.7 Å². The van der Waals surface area contributed by atoms with Gasteiger partial charge in [0, 0.05) is 30.7 Å². The van der Waals surface area contributed by atoms with Crippen LogP contribution in [0.2, 0.25) is 0 Å². The van der Waals surface area contributed by atoms with Crippen molar-refractivity contribution in [2.24, 2.45) is 0 Å². The van der Waals surface area contributed by atoms with Gasteiger partial charge in [0.25, 0.3) is 0 Å². The number of carbonyl (C=O) groups is 1. The van der Waals surface area contributed by atoms with Crippen molar-refractivity contribution in [1.82, 2.24) is 0 Å². The molecule has 35 heavy (non-hydrogen) atoms. The number of hydrogen-bond acceptors (Lipinski definition) is 6. The summed E-state index contributed by atoms with van der Waals surface area (Å²) < 4.78 is 16.5. The molecule has 4 rings (SSSR count). The van der Waals surface area contributed by atoms with Crippen molar-refractivity contribution in [3.63, 3.8) is 0 Å². The zero-order chi connectivity index (χ0) is 23.9. The van der Waals surface area contributed by atoms with E-state index in [-0.39, 0.29) is 48.0 Å². The second-order valence-corrected chi connectivity index (χ2v) is 7.53. The molecule has 0 aliphatic rings. The van der Waals surface area contributed by atoms with E-state index in [1.165, 1.54) is 13.2 Å². The van der Waals surface area contributed by atoms with Crippen molar-refractivity contribution < 1.29 is 53.3 Å². The minimum absolute atomic E-state index is 0. The molecule has 1 heterocycles. The summed E-state index contributed by atoms with van der Waals surface area (Å²) in [6.45, 7) is 0.136. The standard InChI is InChI=1S/C28H22O6.Na/c1-32-27(28(30)31)16-20-11-9-19(10-12-20)6-5-15-33-22-13-14-25-23(17-22)24(29)18-26(34-25)21-7-3-2-4-8-21;/h2-4,7-14,17-18,27H,15-16H2,1H3,(H,30,31);/q;+1/p-1/t27-;/m0./s1. The Bertz CT molecular complexity index is 1420. The number of fused-ring (bicyclic) bond motifs is 1. The van der Waals surface area contributed by atoms with Crippen molar-refractivity contribution in [2.75, 3.05) is 13.7 Å². The van der Waals surface area contributed by atoms with Crippen LogP contribution in [-0.2, 0) is 16.0 Å². The van der Waals surface area contributed by atoms with Crippen LogP contribution < -0.4 is 44.8 Å². The first-order valence-electron chi connectivity index (χ1n) is 10.6. The van der Waals surface area contributed by atoms with Crippen LogP contribution in [0.4, 0.5) is 0 Å². The van der Waals surface area contributed by atoms with Gasteiger partial charge in [0.05, 0.1) is 11.4 Å². The summed E-state index contributed by atoms with van der Waals surface area (Å²) in [5.41, 5.74) is 2.75. The Morgan fingerprint density at radius 1 is 1.03 bits per heavy atom. The average molecular weight is 476 g/mol. The van der Waals surface area contributed by atoms with Gasteiger partial charge in [0.1, 0.15) is 29.8 Å². The summed E-state index contributed by atoms with van der Waals surface area (Å²) in [7, 11) is 1.34. The van der Waals surface area contributed by atoms with E-state index in [0.29, 0.717) is 22.5 Å². The molecule has 0 fully saturated rings. The first kappa shape index (κ1) is 26.3. The van der Waals surface area contributed by atoms with Gasteiger partial charge in [-0.25, -0.2) is 0 Å². The van der Waals surface area contributed by atoms with Crippen LogP contribution in [0, 0.1) is 11.8 Å². The van der Waals surface area contributed by atoms with Gasteiger partial charge in [-0.3, -0.25) is 4.79 Å². The normalized spacial score (nSPS) is 11.1. The molecule has 0 aliphatic heterocycles. The molecular weight excluding hydrogens is 455 g/mol. The summed E-state index contributed by atoms with van der Waals surface area (Å²) in [6.07, 6.45) is -0.766. The van der Waals surface area contributed by atoms with Crippen LogP contribution in [0.15, 0.2) is 88.1 Å². The van der Waals surface area contributed by atoms with Gasteiger partial charge in [-0.05, 0) is 35.9 Å². The molecule has 7 heteroatoms. The number of benzene rings is 3. The van der Waals surface area contributed by atoms with Crippen LogP contribution in [0.25, 0.3) is 22.3 Å². The molecule has 0 radical (unpaired) electrons. The van der Waals surface area contributed by atoms with Gasteiger partial charge in [0.2, 0.25) is 0 Å². The molecule has 0 saturated carbocycles. The fourth-order valence-corrected chi connectivity index (χ4v) is 3.43. The predicted octanol–water partition coefficient (Wildman–Crippen LogP) is 0.202. The third-order valence-electron chi connectivity index (χ3n) is 5.22. The molecule has 0 saturated heterocycles. The zero-order valence-corrected chi connectivity index (χ0v) is 21.4. The monoisotopic (exact) mass is 476 g/mol. The Morgan fingerprint density at radius 2 is 1.77 bits per heavy atom. The number of carboxylic acids is 1. The number of carboxylic acid groups (broad SMARTS) is 1. The molecular formula is C28H21NaO6. The summed E-state index contributed by atoms with van der Waals surface area (Å²) >= 11 is 0. The Hall–Kier alpha value is -3.34. The Morgan fingerprint density at radius 3 is 2.46 bits per heavy atom. The molecule has 0 N–H and O–H groups in total. The third kappa shape index (κ3) is 6.84. The van der Waals surface area contributed by atoms with Crippen molar-refractivity contribution in [2.45, 2.75) is 12.5 Å². The predicted molar refractivity (Wildman–Crippen MR) is 126 cm³/mol. The van der Waals surface area contributed by atoms with E-state index in [4.69, 9.17) is 13.9 Å². The van der Waals surface area contributed by atoms with Gasteiger partial charge in [-0.2, -0.15) is 0 Å². The molecule has 0 aliphatic carbocycles. The molecule has 0 spiro atoms. The number of aliphatic carboxylic acids is 1. The van der Waals surface area contributed by atoms with Crippen molar-refractivity contribution >= 4 is 16.9 Å². The summed E-state index contributed by atoms with van der Waals surface area (Å²) in [5.74, 6) is 5.71. The van der Waals surface area contributed by atoms with E-state index in [0.717, 1.165) is 16.7 Å². The van der Waals surface area contributed by atoms with Gasteiger partial charge in [-0.1, -0.05) is 54.3 Å². The summed E-state index contributed by atoms with van der Waals surface area (Å²) in [4.78, 5) is 23.6. The van der Waals surface area contributed by atoms with E-state index in [1.807, 2.05) is 30.3 Å². The van der Waals surface area contributed by atoms with Crippen molar-refractivity contribution in [3.8, 4) is 28.9 Å². The fraction of sp³-hybridized carbons (Fsp3) is 0.143. The van der Waals surface area contributed by atoms with Crippen LogP contribution >= 0.6 is 0 Å². The first-order chi connectivity index (χ1) is 16.5. The molecule has 6 nitrogen and oxygen atoms in total. The maximum atomic E-state index is 12.6. The average Bonchev–Trinajstić information content (AvgIpc) is 2.86. The number of ether oxygens (including phenoxy) is 2. The van der Waals surface area contributed by atoms with E-state index in [1.54, 1.807) is 42.5 Å². The van der Waals surface area contributed by atoms with Gasteiger partial charge < -0.3 is 23.8 Å². The van der Waals surface area contributed by atoms with Crippen LogP contribution in [0.3, 0.4) is 0 Å². The van der Waals surface area contributed by atoms with E-state index in [2.05, 4.69) is 11.8 Å². The smallest absolute Gasteiger partial charge is 0.547 e. The second kappa shape index (κ2) is 12.4. The van der Waals surface area contributed by atoms with Crippen LogP contribution in [-0.4, -0.2) is 25.8 Å². The summed E-state index contributed by atoms with van der Waals surface area (Å²) in [6, 6.07) is 23.2. The minimum atomic E-state index is -1.24. The number of carbonyl (C=O) groups excluding carboxylic acids is 1. The van der Waals surface area contributed by atoms with Gasteiger partial charge in [0.15, 0.2) is 5.43 Å². The SMILES string of the molecule is CO[C@@H](Cc1ccc(C#CCOc2ccc3oc(-c4ccccc4)cc(=O)c3c2)cc1)C(=O)[O-].[Na+]. The van der Waals surface area contributed by atoms with Gasteiger partial charge in [-0.15, -0.1) is 0 Å². The number of hydrogen-bond donors (Lipinski definition) is 0. The Balaban J connectivity index is 0.00000342. The third-order valence-corrected chi connectivity index (χ3v) is 5.22. The number of rotatable bonds is 7. The fourth-order valence-electron chi connectivity index (χ4n) is 3.43. The maximum absolute atomic E-state index is 12.6. The van der Waals surface area contributed by atoms with Crippen LogP contribution in [0.1, 0.15) is 11.1 Å². The second-order valence-electron chi connectivity index (χ2n) is 7.53. The number of methoxy groups -OCH3 is 1. The zero-order valence-electron chi connectivity index (χ0n) is 19.4. The van der Waals surface area contributed by atoms with E-state index < -0.39 is 12.1 Å². The Labute approximate surface area is 224 Å². The van der Waals surface area contributed by atoms with Crippen molar-refractivity contribution in [3.05, 3.63) is 100 Å². The molecule has 3 aromatic carbocycles. The minimum Gasteiger partial charge on any atom is -0.547 e. The maximum Gasteiger partial charge on any atom is 1.00 e. The Kier molecular flexibility index (Phi) is 9.30. The molecule has 1 atom stereocenters. The molecule has 170 valence electrons. The largest absolute Gasteiger partial charge is 1.00 e. The topological polar surface area (TPSA) is 88.8 Å². The summed E-state index contributed by atoms with van der Waals surface area (Å²) in [5, 5.41) is 11.4. The molecule has 0 bridgehead atoms. The molecule has 0 unspecified atom stereocenters. The van der Waals surface area contributed by atoms with E-state index >= 15 is 0 Å². The first-order valence-corrected chi connectivity index (χ1v) is 10.6. The quantitative estimate of drug-likeness (QED) is 0.280. The van der Waals surface area contributed by atoms with Gasteiger partial charge >= 0.3 is 29.6 Å². The van der Waals surface area contributed by atoms with Crippen molar-refractivity contribution in [1.29, 1.82) is 0 Å². The molecule has 1 aromatic heterocycles. The van der Waals surface area contributed by atoms with Crippen LogP contribution in [0.5, 0.6) is 5.75 Å².